The lowest BCUT2D eigenvalue weighted by Gasteiger charge is -2.21. The summed E-state index contributed by atoms with van der Waals surface area (Å²) in [6.45, 7) is 4.46. The van der Waals surface area contributed by atoms with Crippen LogP contribution in [0, 0.1) is 5.92 Å². The number of halogens is 1. The number of unbranched alkanes of at least 4 members (excludes halogenated alkanes) is 3. The maximum absolute atomic E-state index is 14.3. The fourth-order valence-electron chi connectivity index (χ4n) is 4.57. The second-order valence-corrected chi connectivity index (χ2v) is 9.10. The van der Waals surface area contributed by atoms with Crippen LogP contribution in [0.15, 0.2) is 60.7 Å². The van der Waals surface area contributed by atoms with Gasteiger partial charge in [-0.1, -0.05) is 94.1 Å². The van der Waals surface area contributed by atoms with Crippen LogP contribution in [0.25, 0.3) is 11.4 Å². The third kappa shape index (κ3) is 7.49. The standard InChI is InChI=1S/C30H39F/c1-3-5-6-7-9-30(31)29-22-16-26(17-23-29)11-10-25-14-20-28(21-15-25)27-18-12-24(8-4-2)13-19-27/h9,14-18,20-24H,3-8,10-13,19H2,1-2H3/b30-9+. The van der Waals surface area contributed by atoms with Crippen molar-refractivity contribution in [2.45, 2.75) is 84.5 Å². The van der Waals surface area contributed by atoms with Crippen molar-refractivity contribution in [2.24, 2.45) is 5.92 Å². The van der Waals surface area contributed by atoms with Crippen molar-refractivity contribution in [1.82, 2.24) is 0 Å². The van der Waals surface area contributed by atoms with Crippen molar-refractivity contribution >= 4 is 11.4 Å². The summed E-state index contributed by atoms with van der Waals surface area (Å²) < 4.78 is 14.3. The van der Waals surface area contributed by atoms with Crippen LogP contribution < -0.4 is 0 Å². The van der Waals surface area contributed by atoms with Crippen molar-refractivity contribution in [3.8, 4) is 0 Å². The molecule has 0 saturated heterocycles. The SMILES string of the molecule is CCCCC/C=C(/F)c1ccc(CCc2ccc(C3=CCC(CCC)CC3)cc2)cc1. The molecule has 1 aliphatic carbocycles. The Labute approximate surface area is 189 Å². The quantitative estimate of drug-likeness (QED) is 0.319. The van der Waals surface area contributed by atoms with Gasteiger partial charge in [-0.15, -0.1) is 0 Å². The number of aryl methyl sites for hydroxylation is 2. The predicted octanol–water partition coefficient (Wildman–Crippen LogP) is 9.35. The minimum atomic E-state index is -0.0868. The molecule has 2 aromatic carbocycles. The molecule has 1 unspecified atom stereocenters. The van der Waals surface area contributed by atoms with Gasteiger partial charge in [0.15, 0.2) is 0 Å². The molecule has 0 heterocycles. The lowest BCUT2D eigenvalue weighted by atomic mass is 9.84. The monoisotopic (exact) mass is 418 g/mol. The molecule has 31 heavy (non-hydrogen) atoms. The third-order valence-corrected chi connectivity index (χ3v) is 6.60. The van der Waals surface area contributed by atoms with E-state index in [1.807, 2.05) is 12.1 Å². The summed E-state index contributed by atoms with van der Waals surface area (Å²) in [5, 5.41) is 0. The number of hydrogen-bond acceptors (Lipinski definition) is 0. The van der Waals surface area contributed by atoms with Crippen LogP contribution >= 0.6 is 0 Å². The summed E-state index contributed by atoms with van der Waals surface area (Å²) in [5.74, 6) is 0.806. The number of benzene rings is 2. The van der Waals surface area contributed by atoms with E-state index in [-0.39, 0.29) is 5.83 Å². The van der Waals surface area contributed by atoms with Crippen LogP contribution in [0.2, 0.25) is 0 Å². The summed E-state index contributed by atoms with van der Waals surface area (Å²) in [6, 6.07) is 17.1. The molecule has 2 aromatic rings. The van der Waals surface area contributed by atoms with Gasteiger partial charge >= 0.3 is 0 Å². The number of rotatable bonds is 11. The zero-order valence-corrected chi connectivity index (χ0v) is 19.5. The molecule has 1 aliphatic rings. The Morgan fingerprint density at radius 3 is 2.16 bits per heavy atom. The van der Waals surface area contributed by atoms with Crippen LogP contribution in [0.4, 0.5) is 4.39 Å². The highest BCUT2D eigenvalue weighted by molar-refractivity contribution is 5.66. The molecule has 0 aliphatic heterocycles. The van der Waals surface area contributed by atoms with Gasteiger partial charge < -0.3 is 0 Å². The average Bonchev–Trinajstić information content (AvgIpc) is 2.82. The fourth-order valence-corrected chi connectivity index (χ4v) is 4.57. The number of allylic oxidation sites excluding steroid dienone is 3. The van der Waals surface area contributed by atoms with Crippen molar-refractivity contribution < 1.29 is 4.39 Å². The minimum absolute atomic E-state index is 0.0868. The zero-order valence-electron chi connectivity index (χ0n) is 19.5. The minimum Gasteiger partial charge on any atom is -0.207 e. The van der Waals surface area contributed by atoms with Gasteiger partial charge in [0.2, 0.25) is 0 Å². The van der Waals surface area contributed by atoms with Crippen LogP contribution in [0.1, 0.15) is 93.9 Å². The first-order valence-electron chi connectivity index (χ1n) is 12.4. The molecule has 0 aromatic heterocycles. The van der Waals surface area contributed by atoms with E-state index >= 15 is 0 Å². The van der Waals surface area contributed by atoms with Crippen LogP contribution in [-0.4, -0.2) is 0 Å². The first kappa shape index (κ1) is 23.5. The van der Waals surface area contributed by atoms with Gasteiger partial charge in [0.05, 0.1) is 0 Å². The van der Waals surface area contributed by atoms with Gasteiger partial charge in [0.1, 0.15) is 5.83 Å². The van der Waals surface area contributed by atoms with E-state index in [0.29, 0.717) is 5.56 Å². The summed E-state index contributed by atoms with van der Waals surface area (Å²) in [4.78, 5) is 0. The summed E-state index contributed by atoms with van der Waals surface area (Å²) in [5.41, 5.74) is 6.26. The highest BCUT2D eigenvalue weighted by Crippen LogP contribution is 2.32. The fraction of sp³-hybridized carbons (Fsp3) is 0.467. The van der Waals surface area contributed by atoms with Crippen LogP contribution in [0.3, 0.4) is 0 Å². The second kappa shape index (κ2) is 12.6. The molecule has 1 heteroatoms. The van der Waals surface area contributed by atoms with E-state index in [0.717, 1.165) is 31.6 Å². The normalized spacial score (nSPS) is 16.9. The molecular formula is C30H39F. The Kier molecular flexibility index (Phi) is 9.59. The first-order chi connectivity index (χ1) is 15.2. The molecule has 0 nitrogen and oxygen atoms in total. The maximum atomic E-state index is 14.3. The Morgan fingerprint density at radius 2 is 1.58 bits per heavy atom. The van der Waals surface area contributed by atoms with E-state index in [1.165, 1.54) is 67.2 Å². The first-order valence-corrected chi connectivity index (χ1v) is 12.4. The van der Waals surface area contributed by atoms with Crippen molar-refractivity contribution in [2.75, 3.05) is 0 Å². The Morgan fingerprint density at radius 1 is 0.903 bits per heavy atom. The van der Waals surface area contributed by atoms with Gasteiger partial charge in [-0.05, 0) is 79.2 Å². The van der Waals surface area contributed by atoms with Crippen molar-refractivity contribution in [3.63, 3.8) is 0 Å². The Bertz CT molecular complexity index is 839. The van der Waals surface area contributed by atoms with E-state index in [1.54, 1.807) is 6.08 Å². The molecule has 0 saturated carbocycles. The molecule has 1 atom stereocenters. The van der Waals surface area contributed by atoms with Crippen molar-refractivity contribution in [1.29, 1.82) is 0 Å². The Balaban J connectivity index is 1.49. The highest BCUT2D eigenvalue weighted by atomic mass is 19.1. The average molecular weight is 419 g/mol. The summed E-state index contributed by atoms with van der Waals surface area (Å²) >= 11 is 0. The molecule has 166 valence electrons. The lowest BCUT2D eigenvalue weighted by molar-refractivity contribution is 0.445. The van der Waals surface area contributed by atoms with Crippen LogP contribution in [0.5, 0.6) is 0 Å². The lowest BCUT2D eigenvalue weighted by Crippen LogP contribution is -2.05. The van der Waals surface area contributed by atoms with Gasteiger partial charge in [-0.2, -0.15) is 0 Å². The second-order valence-electron chi connectivity index (χ2n) is 9.10. The molecule has 3 rings (SSSR count). The molecule has 0 fully saturated rings. The summed E-state index contributed by atoms with van der Waals surface area (Å²) in [6.07, 6.45) is 16.9. The molecule has 0 radical (unpaired) electrons. The molecule has 0 bridgehead atoms. The van der Waals surface area contributed by atoms with Gasteiger partial charge in [-0.25, -0.2) is 4.39 Å². The Hall–Kier alpha value is -2.15. The summed E-state index contributed by atoms with van der Waals surface area (Å²) in [7, 11) is 0. The highest BCUT2D eigenvalue weighted by Gasteiger charge is 2.14. The molecule has 0 spiro atoms. The van der Waals surface area contributed by atoms with Gasteiger partial charge in [-0.3, -0.25) is 0 Å². The molecular weight excluding hydrogens is 379 g/mol. The van der Waals surface area contributed by atoms with E-state index in [9.17, 15) is 4.39 Å². The maximum Gasteiger partial charge on any atom is 0.126 e. The van der Waals surface area contributed by atoms with E-state index < -0.39 is 0 Å². The smallest absolute Gasteiger partial charge is 0.126 e. The third-order valence-electron chi connectivity index (χ3n) is 6.60. The topological polar surface area (TPSA) is 0 Å². The van der Waals surface area contributed by atoms with E-state index in [4.69, 9.17) is 0 Å². The largest absolute Gasteiger partial charge is 0.207 e. The van der Waals surface area contributed by atoms with Gasteiger partial charge in [0, 0.05) is 5.56 Å². The van der Waals surface area contributed by atoms with E-state index in [2.05, 4.69) is 56.3 Å². The predicted molar refractivity (Wildman–Crippen MR) is 134 cm³/mol. The van der Waals surface area contributed by atoms with Crippen molar-refractivity contribution in [3.05, 3.63) is 82.9 Å². The zero-order chi connectivity index (χ0) is 21.9. The molecule has 0 N–H and O–H groups in total. The molecule has 0 amide bonds. The van der Waals surface area contributed by atoms with Crippen LogP contribution in [-0.2, 0) is 12.8 Å². The van der Waals surface area contributed by atoms with Gasteiger partial charge in [0.25, 0.3) is 0 Å². The number of hydrogen-bond donors (Lipinski definition) is 0.